The Hall–Kier alpha value is -2.30. The number of carbonyl (C=O) groups excluding carboxylic acids is 2. The van der Waals surface area contributed by atoms with Gasteiger partial charge in [-0.3, -0.25) is 0 Å². The first-order valence-electron chi connectivity index (χ1n) is 7.45. The van der Waals surface area contributed by atoms with Crippen molar-refractivity contribution in [1.82, 2.24) is 0 Å². The molecule has 0 saturated heterocycles. The van der Waals surface area contributed by atoms with Gasteiger partial charge in [-0.15, -0.1) is 0 Å². The number of ether oxygens (including phenoxy) is 3. The molecule has 23 heavy (non-hydrogen) atoms. The lowest BCUT2D eigenvalue weighted by Crippen LogP contribution is -2.13. The van der Waals surface area contributed by atoms with Crippen molar-refractivity contribution in [3.63, 3.8) is 0 Å². The van der Waals surface area contributed by atoms with E-state index >= 15 is 0 Å². The quantitative estimate of drug-likeness (QED) is 0.571. The molecule has 0 atom stereocenters. The Kier molecular flexibility index (Phi) is 7.32. The van der Waals surface area contributed by atoms with Crippen LogP contribution < -0.4 is 4.74 Å². The van der Waals surface area contributed by atoms with Crippen LogP contribution in [-0.4, -0.2) is 32.8 Å². The minimum Gasteiger partial charge on any atom is -0.482 e. The van der Waals surface area contributed by atoms with Gasteiger partial charge in [-0.25, -0.2) is 9.59 Å². The monoisotopic (exact) mass is 320 g/mol. The van der Waals surface area contributed by atoms with Crippen molar-refractivity contribution >= 4 is 11.9 Å². The van der Waals surface area contributed by atoms with E-state index in [1.807, 2.05) is 32.9 Å². The third-order valence-electron chi connectivity index (χ3n) is 3.66. The van der Waals surface area contributed by atoms with Gasteiger partial charge in [0.25, 0.3) is 0 Å². The third-order valence-corrected chi connectivity index (χ3v) is 3.66. The van der Waals surface area contributed by atoms with Gasteiger partial charge in [-0.2, -0.15) is 0 Å². The first kappa shape index (κ1) is 18.7. The molecular weight excluding hydrogens is 296 g/mol. The average Bonchev–Trinajstić information content (AvgIpc) is 2.57. The molecule has 0 amide bonds. The molecule has 0 aliphatic heterocycles. The number of rotatable bonds is 7. The first-order valence-corrected chi connectivity index (χ1v) is 7.45. The number of esters is 2. The maximum absolute atomic E-state index is 12.0. The molecule has 0 N–H and O–H groups in total. The predicted octanol–water partition coefficient (Wildman–Crippen LogP) is 2.93. The zero-order valence-electron chi connectivity index (χ0n) is 14.3. The van der Waals surface area contributed by atoms with E-state index in [1.54, 1.807) is 12.1 Å². The van der Waals surface area contributed by atoms with Crippen LogP contribution in [0.2, 0.25) is 0 Å². The van der Waals surface area contributed by atoms with Crippen molar-refractivity contribution in [1.29, 1.82) is 0 Å². The van der Waals surface area contributed by atoms with Gasteiger partial charge in [-0.05, 0) is 30.5 Å². The van der Waals surface area contributed by atoms with Crippen LogP contribution in [0.1, 0.15) is 26.3 Å². The van der Waals surface area contributed by atoms with Crippen LogP contribution in [-0.2, 0) is 25.5 Å². The SMILES string of the molecule is COC(=O)COc1ccc(C/C(C(=O)OC)=C(/C)C(C)C)cc1. The highest BCUT2D eigenvalue weighted by Gasteiger charge is 2.16. The molecule has 0 bridgehead atoms. The highest BCUT2D eigenvalue weighted by molar-refractivity contribution is 5.89. The molecule has 1 rings (SSSR count). The van der Waals surface area contributed by atoms with Crippen LogP contribution in [0.4, 0.5) is 0 Å². The minimum atomic E-state index is -0.433. The highest BCUT2D eigenvalue weighted by Crippen LogP contribution is 2.21. The summed E-state index contributed by atoms with van der Waals surface area (Å²) in [5, 5.41) is 0. The summed E-state index contributed by atoms with van der Waals surface area (Å²) >= 11 is 0. The number of allylic oxidation sites excluding steroid dienone is 1. The summed E-state index contributed by atoms with van der Waals surface area (Å²) in [5.74, 6) is 0.106. The average molecular weight is 320 g/mol. The van der Waals surface area contributed by atoms with Gasteiger partial charge in [0.15, 0.2) is 6.61 Å². The van der Waals surface area contributed by atoms with Crippen LogP contribution in [0.3, 0.4) is 0 Å². The van der Waals surface area contributed by atoms with E-state index in [0.717, 1.165) is 11.1 Å². The number of hydrogen-bond acceptors (Lipinski definition) is 5. The van der Waals surface area contributed by atoms with Crippen molar-refractivity contribution < 1.29 is 23.8 Å². The zero-order chi connectivity index (χ0) is 17.4. The zero-order valence-corrected chi connectivity index (χ0v) is 14.3. The minimum absolute atomic E-state index is 0.129. The highest BCUT2D eigenvalue weighted by atomic mass is 16.6. The van der Waals surface area contributed by atoms with Gasteiger partial charge in [0.05, 0.1) is 14.2 Å². The maximum Gasteiger partial charge on any atom is 0.343 e. The van der Waals surface area contributed by atoms with E-state index in [1.165, 1.54) is 14.2 Å². The van der Waals surface area contributed by atoms with E-state index in [9.17, 15) is 9.59 Å². The van der Waals surface area contributed by atoms with E-state index < -0.39 is 5.97 Å². The Morgan fingerprint density at radius 3 is 2.13 bits per heavy atom. The molecule has 0 aromatic heterocycles. The molecule has 0 fully saturated rings. The largest absolute Gasteiger partial charge is 0.482 e. The lowest BCUT2D eigenvalue weighted by Gasteiger charge is -2.14. The molecule has 0 unspecified atom stereocenters. The molecule has 0 saturated carbocycles. The Morgan fingerprint density at radius 1 is 1.04 bits per heavy atom. The topological polar surface area (TPSA) is 61.8 Å². The van der Waals surface area contributed by atoms with Gasteiger partial charge in [0.2, 0.25) is 0 Å². The van der Waals surface area contributed by atoms with Crippen LogP contribution in [0.15, 0.2) is 35.4 Å². The van der Waals surface area contributed by atoms with Crippen LogP contribution in [0.25, 0.3) is 0 Å². The summed E-state index contributed by atoms with van der Waals surface area (Å²) in [7, 11) is 2.70. The fourth-order valence-corrected chi connectivity index (χ4v) is 1.95. The fourth-order valence-electron chi connectivity index (χ4n) is 1.95. The van der Waals surface area contributed by atoms with Gasteiger partial charge in [0.1, 0.15) is 5.75 Å². The molecule has 0 heterocycles. The summed E-state index contributed by atoms with van der Waals surface area (Å²) in [4.78, 5) is 23.0. The van der Waals surface area contributed by atoms with E-state index in [-0.39, 0.29) is 18.5 Å². The van der Waals surface area contributed by atoms with E-state index in [4.69, 9.17) is 9.47 Å². The van der Waals surface area contributed by atoms with Crippen molar-refractivity contribution in [2.75, 3.05) is 20.8 Å². The van der Waals surface area contributed by atoms with Gasteiger partial charge < -0.3 is 14.2 Å². The Morgan fingerprint density at radius 2 is 1.65 bits per heavy atom. The molecular formula is C18H24O5. The smallest absolute Gasteiger partial charge is 0.343 e. The summed E-state index contributed by atoms with van der Waals surface area (Å²) in [6.07, 6.45) is 0.494. The third kappa shape index (κ3) is 5.77. The molecule has 1 aromatic carbocycles. The second-order valence-electron chi connectivity index (χ2n) is 5.49. The number of methoxy groups -OCH3 is 2. The van der Waals surface area contributed by atoms with Crippen LogP contribution in [0.5, 0.6) is 5.75 Å². The van der Waals surface area contributed by atoms with Crippen molar-refractivity contribution in [3.05, 3.63) is 41.0 Å². The van der Waals surface area contributed by atoms with Crippen LogP contribution in [0, 0.1) is 5.92 Å². The molecule has 0 spiro atoms. The maximum atomic E-state index is 12.0. The standard InChI is InChI=1S/C18H24O5/c1-12(2)13(3)16(18(20)22-5)10-14-6-8-15(9-7-14)23-11-17(19)21-4/h6-9,12H,10-11H2,1-5H3/b16-13+. The van der Waals surface area contributed by atoms with Crippen molar-refractivity contribution in [2.24, 2.45) is 5.92 Å². The molecule has 0 aliphatic carbocycles. The number of carbonyl (C=O) groups is 2. The molecule has 0 aliphatic rings. The second kappa shape index (κ2) is 8.98. The fraction of sp³-hybridized carbons (Fsp3) is 0.444. The first-order chi connectivity index (χ1) is 10.9. The Bertz CT molecular complexity index is 570. The second-order valence-corrected chi connectivity index (χ2v) is 5.49. The molecule has 5 nitrogen and oxygen atoms in total. The van der Waals surface area contributed by atoms with Crippen molar-refractivity contribution in [3.8, 4) is 5.75 Å². The summed E-state index contributed by atoms with van der Waals surface area (Å²) in [6.45, 7) is 5.91. The summed E-state index contributed by atoms with van der Waals surface area (Å²) in [6, 6.07) is 7.25. The van der Waals surface area contributed by atoms with E-state index in [0.29, 0.717) is 17.7 Å². The molecule has 126 valence electrons. The lowest BCUT2D eigenvalue weighted by molar-refractivity contribution is -0.143. The van der Waals surface area contributed by atoms with E-state index in [2.05, 4.69) is 4.74 Å². The molecule has 1 aromatic rings. The number of benzene rings is 1. The normalized spacial score (nSPS) is 11.7. The van der Waals surface area contributed by atoms with Crippen molar-refractivity contribution in [2.45, 2.75) is 27.2 Å². The number of hydrogen-bond donors (Lipinski definition) is 0. The Labute approximate surface area is 137 Å². The van der Waals surface area contributed by atoms with Gasteiger partial charge in [0, 0.05) is 12.0 Å². The molecule has 0 radical (unpaired) electrons. The summed E-state index contributed by atoms with van der Waals surface area (Å²) < 4.78 is 14.7. The van der Waals surface area contributed by atoms with Gasteiger partial charge >= 0.3 is 11.9 Å². The van der Waals surface area contributed by atoms with Gasteiger partial charge in [-0.1, -0.05) is 31.6 Å². The lowest BCUT2D eigenvalue weighted by atomic mass is 9.94. The van der Waals surface area contributed by atoms with Crippen LogP contribution >= 0.6 is 0 Å². The molecule has 5 heteroatoms. The predicted molar refractivity (Wildman–Crippen MR) is 87.2 cm³/mol. The summed E-state index contributed by atoms with van der Waals surface area (Å²) in [5.41, 5.74) is 2.66. The Balaban J connectivity index is 2.84.